The Morgan fingerprint density at radius 3 is 2.60 bits per heavy atom. The Balaban J connectivity index is 2.48. The number of anilines is 1. The molecule has 0 aromatic heterocycles. The van der Waals surface area contributed by atoms with E-state index in [-0.39, 0.29) is 18.6 Å². The van der Waals surface area contributed by atoms with Crippen molar-refractivity contribution < 1.29 is 9.90 Å². The number of carbonyl (C=O) groups excluding carboxylic acids is 1. The second kappa shape index (κ2) is 5.36. The minimum Gasteiger partial charge on any atom is -0.399 e. The molecule has 0 aliphatic rings. The molecule has 0 heterocycles. The van der Waals surface area contributed by atoms with Gasteiger partial charge in [0.2, 0.25) is 5.91 Å². The normalized spacial score (nSPS) is 12.1. The van der Waals surface area contributed by atoms with Gasteiger partial charge in [-0.15, -0.1) is 0 Å². The molecule has 15 heavy (non-hydrogen) atoms. The Morgan fingerprint density at radius 2 is 2.07 bits per heavy atom. The molecule has 4 heteroatoms. The maximum absolute atomic E-state index is 11.4. The molecule has 0 fully saturated rings. The Labute approximate surface area is 89.1 Å². The van der Waals surface area contributed by atoms with Crippen LogP contribution in [0.3, 0.4) is 0 Å². The Bertz CT molecular complexity index is 322. The molecule has 82 valence electrons. The summed E-state index contributed by atoms with van der Waals surface area (Å²) in [7, 11) is 0. The minimum absolute atomic E-state index is 0.0481. The lowest BCUT2D eigenvalue weighted by Crippen LogP contribution is -2.35. The standard InChI is InChI=1S/C11H16N2O2/c1-8(7-14)13-11(15)6-9-2-4-10(12)5-3-9/h2-5,8,14H,6-7,12H2,1H3,(H,13,15). The highest BCUT2D eigenvalue weighted by Crippen LogP contribution is 2.05. The van der Waals surface area contributed by atoms with Crippen LogP contribution >= 0.6 is 0 Å². The topological polar surface area (TPSA) is 75.3 Å². The summed E-state index contributed by atoms with van der Waals surface area (Å²) in [6, 6.07) is 6.96. The first-order chi connectivity index (χ1) is 7.11. The van der Waals surface area contributed by atoms with Gasteiger partial charge in [0.1, 0.15) is 0 Å². The van der Waals surface area contributed by atoms with Crippen molar-refractivity contribution in [3.8, 4) is 0 Å². The molecule has 0 spiro atoms. The van der Waals surface area contributed by atoms with E-state index in [2.05, 4.69) is 5.32 Å². The van der Waals surface area contributed by atoms with Crippen molar-refractivity contribution in [1.29, 1.82) is 0 Å². The van der Waals surface area contributed by atoms with Crippen molar-refractivity contribution in [2.75, 3.05) is 12.3 Å². The number of carbonyl (C=O) groups is 1. The SMILES string of the molecule is CC(CO)NC(=O)Cc1ccc(N)cc1. The fourth-order valence-electron chi connectivity index (χ4n) is 1.19. The minimum atomic E-state index is -0.203. The Hall–Kier alpha value is -1.55. The summed E-state index contributed by atoms with van der Waals surface area (Å²) in [5.41, 5.74) is 7.12. The number of hydrogen-bond acceptors (Lipinski definition) is 3. The van der Waals surface area contributed by atoms with Crippen LogP contribution in [0.2, 0.25) is 0 Å². The highest BCUT2D eigenvalue weighted by molar-refractivity contribution is 5.78. The Morgan fingerprint density at radius 1 is 1.47 bits per heavy atom. The van der Waals surface area contributed by atoms with E-state index in [1.54, 1.807) is 19.1 Å². The van der Waals surface area contributed by atoms with Gasteiger partial charge in [0.05, 0.1) is 13.0 Å². The molecule has 0 bridgehead atoms. The molecule has 0 saturated carbocycles. The zero-order valence-electron chi connectivity index (χ0n) is 8.73. The quantitative estimate of drug-likeness (QED) is 0.623. The van der Waals surface area contributed by atoms with E-state index in [1.165, 1.54) is 0 Å². The van der Waals surface area contributed by atoms with E-state index in [0.717, 1.165) is 5.56 Å². The van der Waals surface area contributed by atoms with Gasteiger partial charge in [-0.05, 0) is 24.6 Å². The number of nitrogens with two attached hydrogens (primary N) is 1. The van der Waals surface area contributed by atoms with Crippen molar-refractivity contribution in [1.82, 2.24) is 5.32 Å². The summed E-state index contributed by atoms with van der Waals surface area (Å²) in [6.07, 6.45) is 0.310. The van der Waals surface area contributed by atoms with Gasteiger partial charge < -0.3 is 16.2 Å². The molecule has 1 rings (SSSR count). The van der Waals surface area contributed by atoms with Gasteiger partial charge in [0.25, 0.3) is 0 Å². The van der Waals surface area contributed by atoms with Crippen molar-refractivity contribution in [2.24, 2.45) is 0 Å². The molecule has 0 radical (unpaired) electrons. The average Bonchev–Trinajstić information content (AvgIpc) is 2.21. The van der Waals surface area contributed by atoms with E-state index < -0.39 is 0 Å². The molecule has 0 aliphatic heterocycles. The third-order valence-electron chi connectivity index (χ3n) is 2.03. The van der Waals surface area contributed by atoms with Crippen LogP contribution in [0.1, 0.15) is 12.5 Å². The molecule has 0 aliphatic carbocycles. The second-order valence-corrected chi connectivity index (χ2v) is 3.57. The van der Waals surface area contributed by atoms with Crippen molar-refractivity contribution in [3.05, 3.63) is 29.8 Å². The smallest absolute Gasteiger partial charge is 0.224 e. The third kappa shape index (κ3) is 3.99. The zero-order chi connectivity index (χ0) is 11.3. The number of rotatable bonds is 4. The van der Waals surface area contributed by atoms with Crippen LogP contribution in [-0.2, 0) is 11.2 Å². The number of amides is 1. The lowest BCUT2D eigenvalue weighted by atomic mass is 10.1. The predicted molar refractivity (Wildman–Crippen MR) is 59.2 cm³/mol. The predicted octanol–water partition coefficient (Wildman–Crippen LogP) is 0.308. The average molecular weight is 208 g/mol. The number of hydrogen-bond donors (Lipinski definition) is 3. The second-order valence-electron chi connectivity index (χ2n) is 3.57. The number of aliphatic hydroxyl groups is 1. The number of benzene rings is 1. The Kier molecular flexibility index (Phi) is 4.12. The van der Waals surface area contributed by atoms with Crippen LogP contribution in [0.5, 0.6) is 0 Å². The van der Waals surface area contributed by atoms with Gasteiger partial charge in [-0.3, -0.25) is 4.79 Å². The lowest BCUT2D eigenvalue weighted by molar-refractivity contribution is -0.121. The number of nitrogen functional groups attached to an aromatic ring is 1. The van der Waals surface area contributed by atoms with Crippen molar-refractivity contribution in [3.63, 3.8) is 0 Å². The van der Waals surface area contributed by atoms with Gasteiger partial charge in [0.15, 0.2) is 0 Å². The van der Waals surface area contributed by atoms with E-state index in [1.807, 2.05) is 12.1 Å². The van der Waals surface area contributed by atoms with E-state index >= 15 is 0 Å². The molecule has 1 atom stereocenters. The highest BCUT2D eigenvalue weighted by Gasteiger charge is 2.06. The van der Waals surface area contributed by atoms with Crippen LogP contribution in [0.25, 0.3) is 0 Å². The van der Waals surface area contributed by atoms with E-state index in [9.17, 15) is 4.79 Å². The number of aliphatic hydroxyl groups excluding tert-OH is 1. The summed E-state index contributed by atoms with van der Waals surface area (Å²) in [5, 5.41) is 11.4. The van der Waals surface area contributed by atoms with Crippen LogP contribution in [0, 0.1) is 0 Å². The van der Waals surface area contributed by atoms with Crippen LogP contribution in [0.4, 0.5) is 5.69 Å². The van der Waals surface area contributed by atoms with Gasteiger partial charge in [-0.1, -0.05) is 12.1 Å². The van der Waals surface area contributed by atoms with Crippen molar-refractivity contribution in [2.45, 2.75) is 19.4 Å². The zero-order valence-corrected chi connectivity index (χ0v) is 8.73. The van der Waals surface area contributed by atoms with Gasteiger partial charge in [0, 0.05) is 11.7 Å². The molecule has 4 nitrogen and oxygen atoms in total. The first-order valence-electron chi connectivity index (χ1n) is 4.86. The molecule has 4 N–H and O–H groups in total. The van der Waals surface area contributed by atoms with Crippen LogP contribution in [-0.4, -0.2) is 23.7 Å². The monoisotopic (exact) mass is 208 g/mol. The summed E-state index contributed by atoms with van der Waals surface area (Å²) in [5.74, 6) is -0.0960. The molecule has 1 aromatic rings. The highest BCUT2D eigenvalue weighted by atomic mass is 16.3. The molecule has 1 aromatic carbocycles. The van der Waals surface area contributed by atoms with E-state index in [0.29, 0.717) is 12.1 Å². The lowest BCUT2D eigenvalue weighted by Gasteiger charge is -2.10. The molecule has 1 amide bonds. The molecular formula is C11H16N2O2. The van der Waals surface area contributed by atoms with Crippen LogP contribution < -0.4 is 11.1 Å². The van der Waals surface area contributed by atoms with Crippen LogP contribution in [0.15, 0.2) is 24.3 Å². The first kappa shape index (κ1) is 11.5. The molecule has 1 unspecified atom stereocenters. The van der Waals surface area contributed by atoms with Crippen molar-refractivity contribution >= 4 is 11.6 Å². The third-order valence-corrected chi connectivity index (χ3v) is 2.03. The fraction of sp³-hybridized carbons (Fsp3) is 0.364. The maximum atomic E-state index is 11.4. The summed E-state index contributed by atoms with van der Waals surface area (Å²) < 4.78 is 0. The summed E-state index contributed by atoms with van der Waals surface area (Å²) in [4.78, 5) is 11.4. The number of nitrogens with one attached hydrogen (secondary N) is 1. The fourth-order valence-corrected chi connectivity index (χ4v) is 1.19. The maximum Gasteiger partial charge on any atom is 0.224 e. The molecular weight excluding hydrogens is 192 g/mol. The van der Waals surface area contributed by atoms with Gasteiger partial charge in [-0.25, -0.2) is 0 Å². The first-order valence-corrected chi connectivity index (χ1v) is 4.86. The van der Waals surface area contributed by atoms with Gasteiger partial charge >= 0.3 is 0 Å². The molecule has 0 saturated heterocycles. The largest absolute Gasteiger partial charge is 0.399 e. The summed E-state index contributed by atoms with van der Waals surface area (Å²) >= 11 is 0. The van der Waals surface area contributed by atoms with E-state index in [4.69, 9.17) is 10.8 Å². The summed E-state index contributed by atoms with van der Waals surface area (Å²) in [6.45, 7) is 1.70. The van der Waals surface area contributed by atoms with Gasteiger partial charge in [-0.2, -0.15) is 0 Å².